The minimum absolute atomic E-state index is 0.0116. The normalized spacial score (nSPS) is 10.9. The summed E-state index contributed by atoms with van der Waals surface area (Å²) in [6, 6.07) is 0. The maximum absolute atomic E-state index is 11.4. The van der Waals surface area contributed by atoms with Gasteiger partial charge in [-0.25, -0.2) is 0 Å². The van der Waals surface area contributed by atoms with E-state index in [0.29, 0.717) is 0 Å². The van der Waals surface area contributed by atoms with Crippen LogP contribution in [0.4, 0.5) is 0 Å². The number of aliphatic hydroxyl groups is 1. The van der Waals surface area contributed by atoms with Gasteiger partial charge in [0.15, 0.2) is 0 Å². The SMILES string of the molecule is CCC(CC)(CO)NC(=O)C=C(C)C. The van der Waals surface area contributed by atoms with Gasteiger partial charge in [0, 0.05) is 6.08 Å². The summed E-state index contributed by atoms with van der Waals surface area (Å²) in [6.07, 6.45) is 3.03. The number of hydrogen-bond acceptors (Lipinski definition) is 2. The molecule has 0 radical (unpaired) electrons. The molecule has 0 atom stereocenters. The van der Waals surface area contributed by atoms with E-state index < -0.39 is 5.54 Å². The van der Waals surface area contributed by atoms with Gasteiger partial charge in [0.25, 0.3) is 0 Å². The smallest absolute Gasteiger partial charge is 0.244 e. The van der Waals surface area contributed by atoms with Gasteiger partial charge in [-0.3, -0.25) is 4.79 Å². The largest absolute Gasteiger partial charge is 0.394 e. The van der Waals surface area contributed by atoms with E-state index in [2.05, 4.69) is 5.32 Å². The molecule has 1 amide bonds. The van der Waals surface area contributed by atoms with E-state index in [0.717, 1.165) is 18.4 Å². The Balaban J connectivity index is 4.45. The highest BCUT2D eigenvalue weighted by Gasteiger charge is 2.26. The third kappa shape index (κ3) is 3.92. The fourth-order valence-corrected chi connectivity index (χ4v) is 1.25. The van der Waals surface area contributed by atoms with Gasteiger partial charge in [-0.1, -0.05) is 19.4 Å². The third-order valence-electron chi connectivity index (χ3n) is 2.46. The first-order valence-electron chi connectivity index (χ1n) is 5.07. The summed E-state index contributed by atoms with van der Waals surface area (Å²) >= 11 is 0. The van der Waals surface area contributed by atoms with Gasteiger partial charge >= 0.3 is 0 Å². The van der Waals surface area contributed by atoms with E-state index in [-0.39, 0.29) is 12.5 Å². The van der Waals surface area contributed by atoms with Crippen LogP contribution < -0.4 is 5.32 Å². The van der Waals surface area contributed by atoms with Crippen LogP contribution in [-0.4, -0.2) is 23.2 Å². The van der Waals surface area contributed by atoms with E-state index in [1.807, 2.05) is 27.7 Å². The second kappa shape index (κ2) is 5.81. The molecule has 3 nitrogen and oxygen atoms in total. The summed E-state index contributed by atoms with van der Waals surface area (Å²) in [5, 5.41) is 12.1. The predicted octanol–water partition coefficient (Wildman–Crippen LogP) is 1.62. The van der Waals surface area contributed by atoms with Gasteiger partial charge < -0.3 is 10.4 Å². The van der Waals surface area contributed by atoms with Crippen LogP contribution in [0.1, 0.15) is 40.5 Å². The zero-order valence-electron chi connectivity index (χ0n) is 9.55. The summed E-state index contributed by atoms with van der Waals surface area (Å²) < 4.78 is 0. The molecule has 0 aromatic carbocycles. The van der Waals surface area contributed by atoms with E-state index in [1.165, 1.54) is 0 Å². The Hall–Kier alpha value is -0.830. The second-order valence-electron chi connectivity index (χ2n) is 3.86. The number of hydrogen-bond donors (Lipinski definition) is 2. The zero-order chi connectivity index (χ0) is 11.2. The maximum Gasteiger partial charge on any atom is 0.244 e. The second-order valence-corrected chi connectivity index (χ2v) is 3.86. The van der Waals surface area contributed by atoms with Gasteiger partial charge in [-0.2, -0.15) is 0 Å². The Labute approximate surface area is 86.2 Å². The minimum Gasteiger partial charge on any atom is -0.394 e. The molecule has 0 saturated heterocycles. The highest BCUT2D eigenvalue weighted by atomic mass is 16.3. The fourth-order valence-electron chi connectivity index (χ4n) is 1.25. The number of allylic oxidation sites excluding steroid dienone is 1. The molecule has 0 aliphatic carbocycles. The Kier molecular flexibility index (Phi) is 5.46. The molecule has 3 heteroatoms. The topological polar surface area (TPSA) is 49.3 Å². The van der Waals surface area contributed by atoms with Gasteiger partial charge in [0.1, 0.15) is 0 Å². The molecule has 0 bridgehead atoms. The summed E-state index contributed by atoms with van der Waals surface area (Å²) in [6.45, 7) is 7.66. The molecule has 0 aromatic heterocycles. The van der Waals surface area contributed by atoms with E-state index >= 15 is 0 Å². The molecular formula is C11H21NO2. The van der Waals surface area contributed by atoms with Gasteiger partial charge in [0.05, 0.1) is 12.1 Å². The molecule has 14 heavy (non-hydrogen) atoms. The van der Waals surface area contributed by atoms with Gasteiger partial charge in [-0.05, 0) is 26.7 Å². The van der Waals surface area contributed by atoms with Crippen LogP contribution in [0.15, 0.2) is 11.6 Å². The number of carbonyl (C=O) groups excluding carboxylic acids is 1. The van der Waals surface area contributed by atoms with Crippen LogP contribution in [0.3, 0.4) is 0 Å². The number of rotatable bonds is 5. The minimum atomic E-state index is -0.455. The van der Waals surface area contributed by atoms with Gasteiger partial charge in [0.2, 0.25) is 5.91 Å². The summed E-state index contributed by atoms with van der Waals surface area (Å²) in [5.41, 5.74) is 0.504. The first kappa shape index (κ1) is 13.2. The van der Waals surface area contributed by atoms with Crippen molar-refractivity contribution >= 4 is 5.91 Å². The van der Waals surface area contributed by atoms with Crippen molar-refractivity contribution in [1.29, 1.82) is 0 Å². The van der Waals surface area contributed by atoms with Crippen molar-refractivity contribution in [1.82, 2.24) is 5.32 Å². The molecule has 2 N–H and O–H groups in total. The molecule has 0 unspecified atom stereocenters. The summed E-state index contributed by atoms with van der Waals surface area (Å²) in [4.78, 5) is 11.4. The van der Waals surface area contributed by atoms with Crippen molar-refractivity contribution in [2.75, 3.05) is 6.61 Å². The molecule has 0 heterocycles. The van der Waals surface area contributed by atoms with Crippen molar-refractivity contribution in [2.45, 2.75) is 46.1 Å². The first-order chi connectivity index (χ1) is 6.49. The van der Waals surface area contributed by atoms with E-state index in [9.17, 15) is 9.90 Å². The molecule has 0 fully saturated rings. The van der Waals surface area contributed by atoms with Crippen LogP contribution in [0, 0.1) is 0 Å². The average Bonchev–Trinajstić information content (AvgIpc) is 2.13. The average molecular weight is 199 g/mol. The number of carbonyl (C=O) groups is 1. The van der Waals surface area contributed by atoms with E-state index in [1.54, 1.807) is 6.08 Å². The lowest BCUT2D eigenvalue weighted by atomic mass is 9.94. The van der Waals surface area contributed by atoms with E-state index in [4.69, 9.17) is 0 Å². The van der Waals surface area contributed by atoms with Crippen molar-refractivity contribution in [3.8, 4) is 0 Å². The Morgan fingerprint density at radius 2 is 1.86 bits per heavy atom. The third-order valence-corrected chi connectivity index (χ3v) is 2.46. The van der Waals surface area contributed by atoms with Crippen molar-refractivity contribution in [3.05, 3.63) is 11.6 Å². The number of amides is 1. The Morgan fingerprint density at radius 1 is 1.36 bits per heavy atom. The lowest BCUT2D eigenvalue weighted by molar-refractivity contribution is -0.119. The lowest BCUT2D eigenvalue weighted by Crippen LogP contribution is -2.50. The predicted molar refractivity (Wildman–Crippen MR) is 58.0 cm³/mol. The molecule has 0 aliphatic rings. The van der Waals surface area contributed by atoms with Crippen LogP contribution >= 0.6 is 0 Å². The molecule has 0 aliphatic heterocycles. The molecule has 0 spiro atoms. The molecule has 0 aromatic rings. The van der Waals surface area contributed by atoms with Crippen molar-refractivity contribution < 1.29 is 9.90 Å². The van der Waals surface area contributed by atoms with Crippen LogP contribution in [0.25, 0.3) is 0 Å². The van der Waals surface area contributed by atoms with Crippen molar-refractivity contribution in [3.63, 3.8) is 0 Å². The van der Waals surface area contributed by atoms with Crippen LogP contribution in [0.5, 0.6) is 0 Å². The summed E-state index contributed by atoms with van der Waals surface area (Å²) in [7, 11) is 0. The summed E-state index contributed by atoms with van der Waals surface area (Å²) in [5.74, 6) is -0.122. The van der Waals surface area contributed by atoms with Crippen molar-refractivity contribution in [2.24, 2.45) is 0 Å². The van der Waals surface area contributed by atoms with Gasteiger partial charge in [-0.15, -0.1) is 0 Å². The standard InChI is InChI=1S/C11H21NO2/c1-5-11(6-2,8-13)12-10(14)7-9(3)4/h7,13H,5-6,8H2,1-4H3,(H,12,14). The lowest BCUT2D eigenvalue weighted by Gasteiger charge is -2.30. The fraction of sp³-hybridized carbons (Fsp3) is 0.727. The van der Waals surface area contributed by atoms with Crippen LogP contribution in [-0.2, 0) is 4.79 Å². The maximum atomic E-state index is 11.4. The molecular weight excluding hydrogens is 178 g/mol. The van der Waals surface area contributed by atoms with Crippen LogP contribution in [0.2, 0.25) is 0 Å². The highest BCUT2D eigenvalue weighted by molar-refractivity contribution is 5.88. The number of aliphatic hydroxyl groups excluding tert-OH is 1. The first-order valence-corrected chi connectivity index (χ1v) is 5.07. The molecule has 82 valence electrons. The molecule has 0 saturated carbocycles. The highest BCUT2D eigenvalue weighted by Crippen LogP contribution is 2.13. The Bertz CT molecular complexity index is 205. The monoisotopic (exact) mass is 199 g/mol. The quantitative estimate of drug-likeness (QED) is 0.661. The Morgan fingerprint density at radius 3 is 2.14 bits per heavy atom. The zero-order valence-corrected chi connectivity index (χ0v) is 9.55. The number of nitrogens with one attached hydrogen (secondary N) is 1. The molecule has 0 rings (SSSR count).